The molecule has 0 N–H and O–H groups in total. The van der Waals surface area contributed by atoms with Crippen LogP contribution in [0.4, 0.5) is 0 Å². The van der Waals surface area contributed by atoms with E-state index in [0.29, 0.717) is 23.6 Å². The molecule has 5 nitrogen and oxygen atoms in total. The predicted molar refractivity (Wildman–Crippen MR) is 85.4 cm³/mol. The molecule has 1 aliphatic carbocycles. The minimum Gasteiger partial charge on any atom is -0.475 e. The Hall–Kier alpha value is -1.62. The third-order valence-electron chi connectivity index (χ3n) is 4.24. The van der Waals surface area contributed by atoms with E-state index in [1.165, 1.54) is 0 Å². The van der Waals surface area contributed by atoms with E-state index in [1.54, 1.807) is 0 Å². The Morgan fingerprint density at radius 1 is 1.18 bits per heavy atom. The quantitative estimate of drug-likeness (QED) is 0.873. The molecule has 2 aliphatic rings. The highest BCUT2D eigenvalue weighted by molar-refractivity contribution is 5.40. The van der Waals surface area contributed by atoms with Gasteiger partial charge in [-0.15, -0.1) is 0 Å². The van der Waals surface area contributed by atoms with E-state index in [9.17, 15) is 0 Å². The van der Waals surface area contributed by atoms with Gasteiger partial charge in [0.2, 0.25) is 11.7 Å². The molecular formula is C17H25N3O2. The smallest absolute Gasteiger partial charge is 0.237 e. The summed E-state index contributed by atoms with van der Waals surface area (Å²) in [6.45, 7) is 11.8. The van der Waals surface area contributed by atoms with Gasteiger partial charge in [-0.2, -0.15) is 4.98 Å². The number of aromatic nitrogens is 3. The summed E-state index contributed by atoms with van der Waals surface area (Å²) in [4.78, 5) is 9.22. The zero-order valence-electron chi connectivity index (χ0n) is 14.0. The molecule has 2 fully saturated rings. The largest absolute Gasteiger partial charge is 0.475 e. The average Bonchev–Trinajstić information content (AvgIpc) is 2.86. The molecule has 0 bridgehead atoms. The van der Waals surface area contributed by atoms with E-state index < -0.39 is 0 Å². The van der Waals surface area contributed by atoms with Crippen LogP contribution in [0.3, 0.4) is 0 Å². The molecule has 120 valence electrons. The van der Waals surface area contributed by atoms with E-state index in [1.807, 2.05) is 45.2 Å². The molecule has 1 saturated carbocycles. The van der Waals surface area contributed by atoms with E-state index >= 15 is 0 Å². The maximum atomic E-state index is 5.73. The Morgan fingerprint density at radius 2 is 1.86 bits per heavy atom. The zero-order valence-corrected chi connectivity index (χ0v) is 14.0. The van der Waals surface area contributed by atoms with Crippen molar-refractivity contribution in [1.29, 1.82) is 0 Å². The molecule has 0 aromatic carbocycles. The van der Waals surface area contributed by atoms with Crippen LogP contribution in [0.15, 0.2) is 12.4 Å². The van der Waals surface area contributed by atoms with Crippen LogP contribution in [0.25, 0.3) is 5.78 Å². The lowest BCUT2D eigenvalue weighted by molar-refractivity contribution is 0.160. The summed E-state index contributed by atoms with van der Waals surface area (Å²) in [7, 11) is 0. The summed E-state index contributed by atoms with van der Waals surface area (Å²) in [6, 6.07) is 0. The second-order valence-corrected chi connectivity index (χ2v) is 6.16. The van der Waals surface area contributed by atoms with Crippen molar-refractivity contribution >= 4 is 5.78 Å². The molecular weight excluding hydrogens is 278 g/mol. The van der Waals surface area contributed by atoms with Gasteiger partial charge < -0.3 is 9.47 Å². The van der Waals surface area contributed by atoms with Crippen LogP contribution in [0.2, 0.25) is 0 Å². The number of aryl methyl sites for hydroxylation is 1. The van der Waals surface area contributed by atoms with E-state index in [4.69, 9.17) is 9.47 Å². The van der Waals surface area contributed by atoms with Gasteiger partial charge in [-0.3, -0.25) is 4.40 Å². The summed E-state index contributed by atoms with van der Waals surface area (Å²) < 4.78 is 13.2. The summed E-state index contributed by atoms with van der Waals surface area (Å²) in [5.74, 6) is 3.33. The van der Waals surface area contributed by atoms with Gasteiger partial charge in [-0.1, -0.05) is 13.8 Å². The Balaban J connectivity index is 0.000000693. The van der Waals surface area contributed by atoms with Gasteiger partial charge in [0.25, 0.3) is 0 Å². The third kappa shape index (κ3) is 2.58. The van der Waals surface area contributed by atoms with Crippen molar-refractivity contribution in [1.82, 2.24) is 14.4 Å². The lowest BCUT2D eigenvalue weighted by Gasteiger charge is -2.10. The summed E-state index contributed by atoms with van der Waals surface area (Å²) in [5, 5.41) is 0. The van der Waals surface area contributed by atoms with Crippen molar-refractivity contribution in [3.8, 4) is 5.88 Å². The molecule has 0 radical (unpaired) electrons. The maximum Gasteiger partial charge on any atom is 0.237 e. The number of nitrogens with zero attached hydrogens (tertiary/aromatic N) is 3. The van der Waals surface area contributed by atoms with E-state index in [-0.39, 0.29) is 6.10 Å². The van der Waals surface area contributed by atoms with Gasteiger partial charge in [0.15, 0.2) is 0 Å². The Labute approximate surface area is 131 Å². The standard InChI is InChI=1S/C15H19N3O2.C2H6/c1-8(2)20-14-9(3)4-18-5-12(16-15(18)17-14)13-10-6-19-7-11(10)13;1-2/h4-5,8,10-11,13H,6-7H2,1-3H3;1-2H3. The van der Waals surface area contributed by atoms with Gasteiger partial charge in [-0.25, -0.2) is 4.98 Å². The predicted octanol–water partition coefficient (Wildman–Crippen LogP) is 3.21. The molecule has 1 saturated heterocycles. The second-order valence-electron chi connectivity index (χ2n) is 6.16. The van der Waals surface area contributed by atoms with Crippen LogP contribution in [0.1, 0.15) is 44.9 Å². The van der Waals surface area contributed by atoms with Gasteiger partial charge in [0, 0.05) is 23.9 Å². The molecule has 3 heterocycles. The summed E-state index contributed by atoms with van der Waals surface area (Å²) >= 11 is 0. The minimum atomic E-state index is 0.123. The topological polar surface area (TPSA) is 48.7 Å². The Morgan fingerprint density at radius 3 is 2.50 bits per heavy atom. The molecule has 0 spiro atoms. The SMILES string of the molecule is CC.Cc1cn2cc(C3C4COCC43)nc2nc1OC(C)C. The highest BCUT2D eigenvalue weighted by atomic mass is 16.5. The Bertz CT molecular complexity index is 655. The van der Waals surface area contributed by atoms with Crippen molar-refractivity contribution in [2.45, 2.75) is 46.6 Å². The number of ether oxygens (including phenoxy) is 2. The molecule has 2 aromatic heterocycles. The van der Waals surface area contributed by atoms with Crippen LogP contribution >= 0.6 is 0 Å². The van der Waals surface area contributed by atoms with Gasteiger partial charge >= 0.3 is 0 Å². The molecule has 4 rings (SSSR count). The fourth-order valence-corrected chi connectivity index (χ4v) is 3.20. The van der Waals surface area contributed by atoms with Crippen LogP contribution in [0, 0.1) is 18.8 Å². The number of fused-ring (bicyclic) bond motifs is 2. The summed E-state index contributed by atoms with van der Waals surface area (Å²) in [5.41, 5.74) is 2.19. The summed E-state index contributed by atoms with van der Waals surface area (Å²) in [6.07, 6.45) is 4.28. The van der Waals surface area contributed by atoms with E-state index in [2.05, 4.69) is 16.2 Å². The monoisotopic (exact) mass is 303 g/mol. The molecule has 2 aromatic rings. The number of hydrogen-bond donors (Lipinski definition) is 0. The van der Waals surface area contributed by atoms with Gasteiger partial charge in [0.1, 0.15) is 0 Å². The van der Waals surface area contributed by atoms with Crippen molar-refractivity contribution in [3.05, 3.63) is 23.7 Å². The number of imidazole rings is 1. The van der Waals surface area contributed by atoms with Crippen LogP contribution in [0.5, 0.6) is 5.88 Å². The van der Waals surface area contributed by atoms with Crippen LogP contribution in [-0.2, 0) is 4.74 Å². The number of hydrogen-bond acceptors (Lipinski definition) is 4. The van der Waals surface area contributed by atoms with Gasteiger partial charge in [-0.05, 0) is 32.6 Å². The fraction of sp³-hybridized carbons (Fsp3) is 0.647. The second kappa shape index (κ2) is 5.88. The molecule has 0 amide bonds. The molecule has 1 aliphatic heterocycles. The van der Waals surface area contributed by atoms with Crippen molar-refractivity contribution in [2.24, 2.45) is 11.8 Å². The molecule has 2 atom stereocenters. The first-order valence-electron chi connectivity index (χ1n) is 8.24. The van der Waals surface area contributed by atoms with Crippen molar-refractivity contribution in [3.63, 3.8) is 0 Å². The third-order valence-corrected chi connectivity index (χ3v) is 4.24. The Kier molecular flexibility index (Phi) is 4.08. The lowest BCUT2D eigenvalue weighted by atomic mass is 10.2. The van der Waals surface area contributed by atoms with Crippen LogP contribution in [-0.4, -0.2) is 33.7 Å². The highest BCUT2D eigenvalue weighted by Gasteiger charge is 2.55. The maximum absolute atomic E-state index is 5.73. The molecule has 2 unspecified atom stereocenters. The van der Waals surface area contributed by atoms with Crippen molar-refractivity contribution < 1.29 is 9.47 Å². The van der Waals surface area contributed by atoms with E-state index in [0.717, 1.165) is 30.2 Å². The van der Waals surface area contributed by atoms with Crippen molar-refractivity contribution in [2.75, 3.05) is 13.2 Å². The average molecular weight is 303 g/mol. The highest BCUT2D eigenvalue weighted by Crippen LogP contribution is 2.56. The van der Waals surface area contributed by atoms with Crippen LogP contribution < -0.4 is 4.74 Å². The normalized spacial score (nSPS) is 25.8. The first-order valence-corrected chi connectivity index (χ1v) is 8.24. The first kappa shape index (κ1) is 15.3. The zero-order chi connectivity index (χ0) is 15.9. The minimum absolute atomic E-state index is 0.123. The fourth-order valence-electron chi connectivity index (χ4n) is 3.20. The molecule has 22 heavy (non-hydrogen) atoms. The first-order chi connectivity index (χ1) is 10.6. The lowest BCUT2D eigenvalue weighted by Crippen LogP contribution is -2.09. The number of rotatable bonds is 3. The molecule has 5 heteroatoms. The van der Waals surface area contributed by atoms with Gasteiger partial charge in [0.05, 0.1) is 25.0 Å².